The zero-order valence-electron chi connectivity index (χ0n) is 10.1. The normalized spacial score (nSPS) is 24.7. The lowest BCUT2D eigenvalue weighted by molar-refractivity contribution is -0.148. The number of carbonyl (C=O) groups is 2. The second kappa shape index (κ2) is 6.33. The molecule has 5 nitrogen and oxygen atoms in total. The van der Waals surface area contributed by atoms with E-state index < -0.39 is 17.6 Å². The first-order valence-electron chi connectivity index (χ1n) is 5.44. The Balaban J connectivity index is 2.90. The highest BCUT2D eigenvalue weighted by atomic mass is 35.5. The summed E-state index contributed by atoms with van der Waals surface area (Å²) >= 11 is 7.28. The maximum absolute atomic E-state index is 11.8. The summed E-state index contributed by atoms with van der Waals surface area (Å²) in [6, 6.07) is 0. The number of hydrogen-bond donors (Lipinski definition) is 1. The molecule has 0 aromatic rings. The van der Waals surface area contributed by atoms with E-state index in [0.717, 1.165) is 0 Å². The first kappa shape index (κ1) is 15.2. The highest BCUT2D eigenvalue weighted by Gasteiger charge is 2.51. The molecule has 1 aliphatic heterocycles. The van der Waals surface area contributed by atoms with Crippen molar-refractivity contribution in [2.24, 2.45) is 0 Å². The molecule has 102 valence electrons. The third kappa shape index (κ3) is 3.11. The number of carboxylic acid groups (broad SMARTS) is 1. The molecule has 0 bridgehead atoms. The second-order valence-electron chi connectivity index (χ2n) is 4.09. The van der Waals surface area contributed by atoms with Gasteiger partial charge in [0, 0.05) is 11.1 Å². The van der Waals surface area contributed by atoms with Crippen LogP contribution in [0.25, 0.3) is 0 Å². The first-order valence-corrected chi connectivity index (χ1v) is 7.03. The highest BCUT2D eigenvalue weighted by Crippen LogP contribution is 2.36. The minimum absolute atomic E-state index is 0.0616. The number of halogens is 1. The number of amides is 1. The number of aliphatic carboxylic acids is 1. The van der Waals surface area contributed by atoms with Crippen molar-refractivity contribution >= 4 is 35.4 Å². The van der Waals surface area contributed by atoms with Gasteiger partial charge in [0.25, 0.3) is 0 Å². The van der Waals surface area contributed by atoms with Crippen molar-refractivity contribution < 1.29 is 19.4 Å². The molecular weight excluding hydrogens is 278 g/mol. The van der Waals surface area contributed by atoms with Crippen LogP contribution in [0.1, 0.15) is 13.3 Å². The molecule has 2 unspecified atom stereocenters. The lowest BCUT2D eigenvalue weighted by atomic mass is 9.94. The number of rotatable bonds is 5. The van der Waals surface area contributed by atoms with E-state index in [1.165, 1.54) is 22.7 Å². The van der Waals surface area contributed by atoms with E-state index in [9.17, 15) is 14.7 Å². The largest absolute Gasteiger partial charge is 0.479 e. The molecule has 1 fully saturated rings. The molecule has 0 aromatic heterocycles. The van der Waals surface area contributed by atoms with Gasteiger partial charge in [-0.25, -0.2) is 9.59 Å². The lowest BCUT2D eigenvalue weighted by Gasteiger charge is -2.33. The molecule has 1 saturated heterocycles. The Labute approximate surface area is 115 Å². The van der Waals surface area contributed by atoms with Gasteiger partial charge in [0.2, 0.25) is 0 Å². The maximum Gasteiger partial charge on any atom is 0.411 e. The summed E-state index contributed by atoms with van der Waals surface area (Å²) in [6.45, 7) is 5.21. The van der Waals surface area contributed by atoms with E-state index in [4.69, 9.17) is 16.3 Å². The van der Waals surface area contributed by atoms with Gasteiger partial charge < -0.3 is 9.84 Å². The fourth-order valence-corrected chi connectivity index (χ4v) is 3.46. The van der Waals surface area contributed by atoms with Crippen LogP contribution in [0, 0.1) is 0 Å². The van der Waals surface area contributed by atoms with Gasteiger partial charge in [-0.05, 0) is 13.3 Å². The van der Waals surface area contributed by atoms with E-state index in [0.29, 0.717) is 11.6 Å². The Kier molecular flexibility index (Phi) is 5.34. The van der Waals surface area contributed by atoms with Gasteiger partial charge in [-0.3, -0.25) is 4.90 Å². The molecular formula is C11H16ClNO4S. The summed E-state index contributed by atoms with van der Waals surface area (Å²) in [6.07, 6.45) is 0.994. The molecule has 0 spiro atoms. The SMILES string of the molecule is C=CCOC(=O)N1CSCC1(CC(C)Cl)C(=O)O. The van der Waals surface area contributed by atoms with Crippen LogP contribution in [0.5, 0.6) is 0 Å². The molecule has 0 saturated carbocycles. The number of nitrogens with zero attached hydrogens (tertiary/aromatic N) is 1. The van der Waals surface area contributed by atoms with Crippen LogP contribution in [-0.4, -0.2) is 51.2 Å². The van der Waals surface area contributed by atoms with Crippen LogP contribution in [0.4, 0.5) is 4.79 Å². The van der Waals surface area contributed by atoms with Crippen LogP contribution in [0.2, 0.25) is 0 Å². The van der Waals surface area contributed by atoms with Crippen LogP contribution < -0.4 is 0 Å². The number of ether oxygens (including phenoxy) is 1. The van der Waals surface area contributed by atoms with E-state index in [2.05, 4.69) is 6.58 Å². The van der Waals surface area contributed by atoms with Gasteiger partial charge in [0.15, 0.2) is 5.54 Å². The minimum Gasteiger partial charge on any atom is -0.479 e. The molecule has 0 aromatic carbocycles. The average molecular weight is 294 g/mol. The number of carbonyl (C=O) groups excluding carboxylic acids is 1. The van der Waals surface area contributed by atoms with E-state index in [1.807, 2.05) is 0 Å². The molecule has 7 heteroatoms. The Morgan fingerprint density at radius 1 is 1.72 bits per heavy atom. The third-order valence-corrected chi connectivity index (χ3v) is 3.92. The van der Waals surface area contributed by atoms with Crippen molar-refractivity contribution in [2.75, 3.05) is 18.2 Å². The standard InChI is InChI=1S/C11H16ClNO4S/c1-3-4-17-10(16)13-7-18-6-11(13,9(14)15)5-8(2)12/h3,8H,1,4-7H2,2H3,(H,14,15). The maximum atomic E-state index is 11.8. The Bertz CT molecular complexity index is 350. The van der Waals surface area contributed by atoms with Crippen molar-refractivity contribution in [3.63, 3.8) is 0 Å². The van der Waals surface area contributed by atoms with Gasteiger partial charge in [-0.15, -0.1) is 23.4 Å². The average Bonchev–Trinajstić information content (AvgIpc) is 2.70. The summed E-state index contributed by atoms with van der Waals surface area (Å²) in [5.41, 5.74) is -1.27. The molecule has 0 aliphatic carbocycles. The first-order chi connectivity index (χ1) is 8.44. The van der Waals surface area contributed by atoms with Gasteiger partial charge in [0.05, 0.1) is 5.88 Å². The zero-order valence-corrected chi connectivity index (χ0v) is 11.7. The Hall–Kier alpha value is -0.880. The number of hydrogen-bond acceptors (Lipinski definition) is 4. The lowest BCUT2D eigenvalue weighted by Crippen LogP contribution is -2.56. The summed E-state index contributed by atoms with van der Waals surface area (Å²) in [5.74, 6) is -0.426. The topological polar surface area (TPSA) is 66.8 Å². The Morgan fingerprint density at radius 2 is 2.39 bits per heavy atom. The summed E-state index contributed by atoms with van der Waals surface area (Å²) in [4.78, 5) is 24.6. The highest BCUT2D eigenvalue weighted by molar-refractivity contribution is 7.99. The quantitative estimate of drug-likeness (QED) is 0.621. The summed E-state index contributed by atoms with van der Waals surface area (Å²) in [5, 5.41) is 9.08. The van der Waals surface area contributed by atoms with E-state index >= 15 is 0 Å². The van der Waals surface area contributed by atoms with Crippen LogP contribution in [-0.2, 0) is 9.53 Å². The van der Waals surface area contributed by atoms with Gasteiger partial charge in [0.1, 0.15) is 6.61 Å². The third-order valence-electron chi connectivity index (χ3n) is 2.64. The number of thioether (sulfide) groups is 1. The van der Waals surface area contributed by atoms with Crippen molar-refractivity contribution in [1.82, 2.24) is 4.90 Å². The summed E-state index contributed by atoms with van der Waals surface area (Å²) in [7, 11) is 0. The smallest absolute Gasteiger partial charge is 0.411 e. The molecule has 1 rings (SSSR count). The molecule has 1 N–H and O–H groups in total. The van der Waals surface area contributed by atoms with Gasteiger partial charge >= 0.3 is 12.1 Å². The van der Waals surface area contributed by atoms with Crippen molar-refractivity contribution in [1.29, 1.82) is 0 Å². The predicted octanol–water partition coefficient (Wildman–Crippen LogP) is 2.16. The molecule has 1 aliphatic rings. The van der Waals surface area contributed by atoms with Gasteiger partial charge in [-0.2, -0.15) is 0 Å². The monoisotopic (exact) mass is 293 g/mol. The van der Waals surface area contributed by atoms with Crippen molar-refractivity contribution in [3.8, 4) is 0 Å². The summed E-state index contributed by atoms with van der Waals surface area (Å²) < 4.78 is 4.91. The fourth-order valence-electron chi connectivity index (χ4n) is 1.84. The molecule has 2 atom stereocenters. The van der Waals surface area contributed by atoms with E-state index in [-0.39, 0.29) is 18.4 Å². The van der Waals surface area contributed by atoms with Gasteiger partial charge in [-0.1, -0.05) is 12.7 Å². The van der Waals surface area contributed by atoms with Crippen LogP contribution in [0.15, 0.2) is 12.7 Å². The minimum atomic E-state index is -1.27. The van der Waals surface area contributed by atoms with Crippen LogP contribution >= 0.6 is 23.4 Å². The Morgan fingerprint density at radius 3 is 2.89 bits per heavy atom. The van der Waals surface area contributed by atoms with Crippen molar-refractivity contribution in [2.45, 2.75) is 24.3 Å². The molecule has 1 heterocycles. The van der Waals surface area contributed by atoms with E-state index in [1.54, 1.807) is 6.92 Å². The number of carboxylic acids is 1. The second-order valence-corrected chi connectivity index (χ2v) is 5.79. The molecule has 1 amide bonds. The zero-order chi connectivity index (χ0) is 13.8. The number of alkyl halides is 1. The fraction of sp³-hybridized carbons (Fsp3) is 0.636. The molecule has 18 heavy (non-hydrogen) atoms. The molecule has 0 radical (unpaired) electrons. The predicted molar refractivity (Wildman–Crippen MR) is 71.0 cm³/mol. The van der Waals surface area contributed by atoms with Crippen molar-refractivity contribution in [3.05, 3.63) is 12.7 Å². The van der Waals surface area contributed by atoms with Crippen LogP contribution in [0.3, 0.4) is 0 Å².